The minimum absolute atomic E-state index is 0.141. The van der Waals surface area contributed by atoms with E-state index < -0.39 is 0 Å². The number of rotatable bonds is 7. The molecule has 3 rings (SSSR count). The Kier molecular flexibility index (Phi) is 6.39. The molecule has 26 heavy (non-hydrogen) atoms. The molecule has 1 aliphatic heterocycles. The van der Waals surface area contributed by atoms with Crippen LogP contribution in [0.3, 0.4) is 0 Å². The second-order valence-electron chi connectivity index (χ2n) is 6.81. The van der Waals surface area contributed by atoms with Gasteiger partial charge in [-0.3, -0.25) is 4.79 Å². The van der Waals surface area contributed by atoms with Crippen molar-refractivity contribution in [3.05, 3.63) is 42.2 Å². The molecule has 6 heteroatoms. The van der Waals surface area contributed by atoms with Crippen molar-refractivity contribution in [2.24, 2.45) is 5.92 Å². The predicted molar refractivity (Wildman–Crippen MR) is 98.1 cm³/mol. The van der Waals surface area contributed by atoms with Gasteiger partial charge in [0.15, 0.2) is 11.7 Å². The molecule has 140 valence electrons. The van der Waals surface area contributed by atoms with Crippen LogP contribution in [0.5, 0.6) is 0 Å². The highest BCUT2D eigenvalue weighted by atomic mass is 19.1. The van der Waals surface area contributed by atoms with Crippen LogP contribution in [0.2, 0.25) is 0 Å². The summed E-state index contributed by atoms with van der Waals surface area (Å²) in [4.78, 5) is 18.5. The quantitative estimate of drug-likeness (QED) is 0.824. The van der Waals surface area contributed by atoms with Gasteiger partial charge in [0, 0.05) is 25.9 Å². The standard InChI is InChI=1S/C20H26FN3O2/c1-22-11-8-15-9-12-24(13-10-15)20(25)7-6-19-23-14-18(26-19)16-4-2-3-5-17(16)21/h2-5,14-15,22H,6-13H2,1H3. The average molecular weight is 359 g/mol. The number of oxazole rings is 1. The van der Waals surface area contributed by atoms with Crippen LogP contribution in [0, 0.1) is 11.7 Å². The minimum atomic E-state index is -0.340. The molecular formula is C20H26FN3O2. The molecule has 1 aliphatic rings. The Labute approximate surface area is 153 Å². The molecule has 2 heterocycles. The Morgan fingerprint density at radius 3 is 2.85 bits per heavy atom. The van der Waals surface area contributed by atoms with Crippen LogP contribution in [-0.4, -0.2) is 42.5 Å². The molecular weight excluding hydrogens is 333 g/mol. The number of amides is 1. The van der Waals surface area contributed by atoms with E-state index in [1.807, 2.05) is 11.9 Å². The van der Waals surface area contributed by atoms with Crippen molar-refractivity contribution in [3.63, 3.8) is 0 Å². The third-order valence-electron chi connectivity index (χ3n) is 5.02. The van der Waals surface area contributed by atoms with E-state index in [-0.39, 0.29) is 11.7 Å². The summed E-state index contributed by atoms with van der Waals surface area (Å²) in [6.07, 6.45) is 5.65. The van der Waals surface area contributed by atoms with Gasteiger partial charge in [0.25, 0.3) is 0 Å². The Morgan fingerprint density at radius 1 is 1.35 bits per heavy atom. The predicted octanol–water partition coefficient (Wildman–Crippen LogP) is 3.26. The molecule has 1 aromatic heterocycles. The van der Waals surface area contributed by atoms with Gasteiger partial charge in [-0.1, -0.05) is 12.1 Å². The third-order valence-corrected chi connectivity index (χ3v) is 5.02. The summed E-state index contributed by atoms with van der Waals surface area (Å²) in [6, 6.07) is 6.44. The number of aryl methyl sites for hydroxylation is 1. The fourth-order valence-corrected chi connectivity index (χ4v) is 3.40. The highest BCUT2D eigenvalue weighted by Crippen LogP contribution is 2.24. The number of carbonyl (C=O) groups excluding carboxylic acids is 1. The second kappa shape index (κ2) is 8.94. The highest BCUT2D eigenvalue weighted by molar-refractivity contribution is 5.76. The molecule has 0 bridgehead atoms. The molecule has 1 saturated heterocycles. The normalized spacial score (nSPS) is 15.4. The summed E-state index contributed by atoms with van der Waals surface area (Å²) in [5, 5.41) is 3.18. The summed E-state index contributed by atoms with van der Waals surface area (Å²) < 4.78 is 19.4. The van der Waals surface area contributed by atoms with Gasteiger partial charge >= 0.3 is 0 Å². The maximum Gasteiger partial charge on any atom is 0.223 e. The Hall–Kier alpha value is -2.21. The molecule has 2 aromatic rings. The monoisotopic (exact) mass is 359 g/mol. The highest BCUT2D eigenvalue weighted by Gasteiger charge is 2.22. The largest absolute Gasteiger partial charge is 0.441 e. The number of nitrogens with zero attached hydrogens (tertiary/aromatic N) is 2. The van der Waals surface area contributed by atoms with Crippen molar-refractivity contribution in [1.29, 1.82) is 0 Å². The van der Waals surface area contributed by atoms with Crippen molar-refractivity contribution in [1.82, 2.24) is 15.2 Å². The SMILES string of the molecule is CNCCC1CCN(C(=O)CCc2ncc(-c3ccccc3F)o2)CC1. The van der Waals surface area contributed by atoms with Gasteiger partial charge in [-0.25, -0.2) is 9.37 Å². The fraction of sp³-hybridized carbons (Fsp3) is 0.500. The number of carbonyl (C=O) groups is 1. The average Bonchev–Trinajstić information content (AvgIpc) is 3.14. The van der Waals surface area contributed by atoms with E-state index in [1.165, 1.54) is 18.7 Å². The molecule has 5 nitrogen and oxygen atoms in total. The van der Waals surface area contributed by atoms with Crippen LogP contribution in [0.25, 0.3) is 11.3 Å². The molecule has 0 radical (unpaired) electrons. The van der Waals surface area contributed by atoms with Crippen LogP contribution in [0.4, 0.5) is 4.39 Å². The number of aromatic nitrogens is 1. The van der Waals surface area contributed by atoms with Gasteiger partial charge in [-0.05, 0) is 50.9 Å². The van der Waals surface area contributed by atoms with E-state index in [0.29, 0.717) is 36.0 Å². The first-order valence-corrected chi connectivity index (χ1v) is 9.29. The summed E-state index contributed by atoms with van der Waals surface area (Å²) >= 11 is 0. The van der Waals surface area contributed by atoms with Crippen molar-refractivity contribution in [2.45, 2.75) is 32.1 Å². The zero-order valence-electron chi connectivity index (χ0n) is 15.2. The van der Waals surface area contributed by atoms with Gasteiger partial charge < -0.3 is 14.6 Å². The van der Waals surface area contributed by atoms with Gasteiger partial charge in [0.1, 0.15) is 5.82 Å². The van der Waals surface area contributed by atoms with Crippen LogP contribution in [-0.2, 0) is 11.2 Å². The summed E-state index contributed by atoms with van der Waals surface area (Å²) in [7, 11) is 1.97. The maximum absolute atomic E-state index is 13.8. The molecule has 1 amide bonds. The van der Waals surface area contributed by atoms with Crippen LogP contribution < -0.4 is 5.32 Å². The van der Waals surface area contributed by atoms with E-state index in [2.05, 4.69) is 10.3 Å². The minimum Gasteiger partial charge on any atom is -0.441 e. The number of halogens is 1. The summed E-state index contributed by atoms with van der Waals surface area (Å²) in [6.45, 7) is 2.70. The molecule has 0 spiro atoms. The van der Waals surface area contributed by atoms with Gasteiger partial charge in [0.05, 0.1) is 11.8 Å². The number of piperidine rings is 1. The molecule has 0 unspecified atom stereocenters. The smallest absolute Gasteiger partial charge is 0.223 e. The van der Waals surface area contributed by atoms with Crippen molar-refractivity contribution in [2.75, 3.05) is 26.7 Å². The summed E-state index contributed by atoms with van der Waals surface area (Å²) in [5.74, 6) is 1.38. The van der Waals surface area contributed by atoms with E-state index in [4.69, 9.17) is 4.42 Å². The molecule has 1 aromatic carbocycles. The number of benzene rings is 1. The van der Waals surface area contributed by atoms with Crippen LogP contribution in [0.15, 0.2) is 34.9 Å². The summed E-state index contributed by atoms with van der Waals surface area (Å²) in [5.41, 5.74) is 0.390. The zero-order chi connectivity index (χ0) is 18.4. The lowest BCUT2D eigenvalue weighted by atomic mass is 9.93. The van der Waals surface area contributed by atoms with E-state index >= 15 is 0 Å². The molecule has 0 saturated carbocycles. The second-order valence-corrected chi connectivity index (χ2v) is 6.81. The van der Waals surface area contributed by atoms with Crippen LogP contribution >= 0.6 is 0 Å². The van der Waals surface area contributed by atoms with E-state index in [1.54, 1.807) is 18.2 Å². The van der Waals surface area contributed by atoms with Gasteiger partial charge in [-0.2, -0.15) is 0 Å². The fourth-order valence-electron chi connectivity index (χ4n) is 3.40. The lowest BCUT2D eigenvalue weighted by Crippen LogP contribution is -2.39. The Morgan fingerprint density at radius 2 is 2.12 bits per heavy atom. The molecule has 1 fully saturated rings. The third kappa shape index (κ3) is 4.69. The molecule has 0 aliphatic carbocycles. The zero-order valence-corrected chi connectivity index (χ0v) is 15.2. The Balaban J connectivity index is 1.48. The van der Waals surface area contributed by atoms with Crippen molar-refractivity contribution in [3.8, 4) is 11.3 Å². The Bertz CT molecular complexity index is 723. The number of hydrogen-bond donors (Lipinski definition) is 1. The topological polar surface area (TPSA) is 58.4 Å². The van der Waals surface area contributed by atoms with E-state index in [9.17, 15) is 9.18 Å². The lowest BCUT2D eigenvalue weighted by Gasteiger charge is -2.32. The number of hydrogen-bond acceptors (Lipinski definition) is 4. The van der Waals surface area contributed by atoms with Gasteiger partial charge in [-0.15, -0.1) is 0 Å². The van der Waals surface area contributed by atoms with Crippen molar-refractivity contribution >= 4 is 5.91 Å². The van der Waals surface area contributed by atoms with Gasteiger partial charge in [0.2, 0.25) is 5.91 Å². The molecule has 0 atom stereocenters. The molecule has 1 N–H and O–H groups in total. The van der Waals surface area contributed by atoms with Crippen LogP contribution in [0.1, 0.15) is 31.6 Å². The lowest BCUT2D eigenvalue weighted by molar-refractivity contribution is -0.132. The first-order chi connectivity index (χ1) is 12.7. The first-order valence-electron chi connectivity index (χ1n) is 9.29. The number of nitrogens with one attached hydrogen (secondary N) is 1. The number of likely N-dealkylation sites (tertiary alicyclic amines) is 1. The first kappa shape index (κ1) is 18.6. The van der Waals surface area contributed by atoms with E-state index in [0.717, 1.165) is 32.5 Å². The maximum atomic E-state index is 13.8. The van der Waals surface area contributed by atoms with Crippen molar-refractivity contribution < 1.29 is 13.6 Å².